The highest BCUT2D eigenvalue weighted by Crippen LogP contribution is 2.50. The second-order valence-corrected chi connectivity index (χ2v) is 11.1. The Bertz CT molecular complexity index is 1130. The van der Waals surface area contributed by atoms with Crippen LogP contribution in [0.1, 0.15) is 76.0 Å². The highest BCUT2D eigenvalue weighted by molar-refractivity contribution is 5.70. The van der Waals surface area contributed by atoms with Crippen molar-refractivity contribution in [3.05, 3.63) is 95.6 Å². The largest absolute Gasteiger partial charge is 0.453 e. The first-order valence-corrected chi connectivity index (χ1v) is 14.4. The number of allylic oxidation sites excluding steroid dienone is 2. The number of fused-ring (bicyclic) bond motifs is 1. The standard InChI is InChI=1S/C35H42O4/c1-3-4-13-25(2)32(36)21-20-30-31-23-26(22-29(31)24-33(30)37)14-11-12-19-34(38)39-35(27-15-7-5-8-16-27)28-17-9-6-10-18-28/h5-10,14-18,20-21,25,29-33,35-37H,11-13,19,22-24H2,1-2H3/b21-20+,26-14+/t25?,29-,30+,31-,32+,33+/m0/s1. The van der Waals surface area contributed by atoms with Crippen molar-refractivity contribution in [3.8, 4) is 11.8 Å². The van der Waals surface area contributed by atoms with Gasteiger partial charge in [0.15, 0.2) is 6.10 Å². The van der Waals surface area contributed by atoms with Gasteiger partial charge in [0, 0.05) is 18.8 Å². The molecule has 0 heterocycles. The monoisotopic (exact) mass is 526 g/mol. The number of unbranched alkanes of at least 4 members (excludes halogenated alkanes) is 1. The van der Waals surface area contributed by atoms with E-state index in [1.807, 2.05) is 86.7 Å². The fourth-order valence-corrected chi connectivity index (χ4v) is 6.08. The molecule has 2 aromatic carbocycles. The van der Waals surface area contributed by atoms with Crippen LogP contribution in [0.2, 0.25) is 0 Å². The van der Waals surface area contributed by atoms with Crippen LogP contribution < -0.4 is 0 Å². The van der Waals surface area contributed by atoms with E-state index < -0.39 is 12.2 Å². The predicted octanol–water partition coefficient (Wildman–Crippen LogP) is 6.79. The molecule has 0 aromatic heterocycles. The molecule has 2 aliphatic carbocycles. The Balaban J connectivity index is 1.26. The van der Waals surface area contributed by atoms with Gasteiger partial charge in [0.25, 0.3) is 0 Å². The van der Waals surface area contributed by atoms with Crippen molar-refractivity contribution in [1.82, 2.24) is 0 Å². The van der Waals surface area contributed by atoms with E-state index in [-0.39, 0.29) is 23.9 Å². The van der Waals surface area contributed by atoms with Gasteiger partial charge in [-0.3, -0.25) is 4.79 Å². The van der Waals surface area contributed by atoms with Gasteiger partial charge in [-0.1, -0.05) is 91.4 Å². The molecule has 0 bridgehead atoms. The molecule has 0 radical (unpaired) electrons. The van der Waals surface area contributed by atoms with Gasteiger partial charge in [0.2, 0.25) is 0 Å². The first-order chi connectivity index (χ1) is 19.0. The average molecular weight is 527 g/mol. The number of carbonyl (C=O) groups excluding carboxylic acids is 1. The summed E-state index contributed by atoms with van der Waals surface area (Å²) < 4.78 is 5.94. The Hall–Kier alpha value is -3.13. The van der Waals surface area contributed by atoms with Crippen molar-refractivity contribution in [2.45, 2.75) is 77.1 Å². The smallest absolute Gasteiger partial charge is 0.306 e. The molecule has 0 aliphatic heterocycles. The van der Waals surface area contributed by atoms with Gasteiger partial charge in [-0.2, -0.15) is 0 Å². The molecule has 2 fully saturated rings. The van der Waals surface area contributed by atoms with Crippen LogP contribution in [-0.4, -0.2) is 28.4 Å². The molecule has 1 unspecified atom stereocenters. The van der Waals surface area contributed by atoms with Crippen molar-refractivity contribution in [1.29, 1.82) is 0 Å². The van der Waals surface area contributed by atoms with E-state index in [1.54, 1.807) is 0 Å². The van der Waals surface area contributed by atoms with Crippen molar-refractivity contribution in [2.24, 2.45) is 23.7 Å². The molecule has 6 atom stereocenters. The molecule has 2 aromatic rings. The molecule has 0 saturated heterocycles. The van der Waals surface area contributed by atoms with Gasteiger partial charge in [-0.25, -0.2) is 0 Å². The molecule has 39 heavy (non-hydrogen) atoms. The summed E-state index contributed by atoms with van der Waals surface area (Å²) in [5.41, 5.74) is 3.38. The summed E-state index contributed by atoms with van der Waals surface area (Å²) in [5, 5.41) is 21.1. The number of ether oxygens (including phenoxy) is 1. The van der Waals surface area contributed by atoms with Crippen LogP contribution >= 0.6 is 0 Å². The number of carbonyl (C=O) groups is 1. The number of hydrogen-bond acceptors (Lipinski definition) is 4. The molecule has 2 N–H and O–H groups in total. The zero-order valence-electron chi connectivity index (χ0n) is 23.2. The summed E-state index contributed by atoms with van der Waals surface area (Å²) in [6, 6.07) is 19.8. The second kappa shape index (κ2) is 14.3. The summed E-state index contributed by atoms with van der Waals surface area (Å²) in [6.07, 6.45) is 10.4. The van der Waals surface area contributed by atoms with Crippen molar-refractivity contribution >= 4 is 5.97 Å². The fourth-order valence-electron chi connectivity index (χ4n) is 6.08. The van der Waals surface area contributed by atoms with E-state index in [0.717, 1.165) is 43.2 Å². The maximum atomic E-state index is 12.8. The third-order valence-corrected chi connectivity index (χ3v) is 8.30. The quantitative estimate of drug-likeness (QED) is 0.146. The van der Waals surface area contributed by atoms with Gasteiger partial charge in [-0.05, 0) is 67.9 Å². The van der Waals surface area contributed by atoms with E-state index in [9.17, 15) is 15.0 Å². The number of esters is 1. The van der Waals surface area contributed by atoms with E-state index in [4.69, 9.17) is 4.74 Å². The van der Waals surface area contributed by atoms with Crippen molar-refractivity contribution in [2.75, 3.05) is 0 Å². The van der Waals surface area contributed by atoms with Crippen molar-refractivity contribution < 1.29 is 19.7 Å². The summed E-state index contributed by atoms with van der Waals surface area (Å²) in [6.45, 7) is 3.82. The van der Waals surface area contributed by atoms with Gasteiger partial charge >= 0.3 is 5.97 Å². The van der Waals surface area contributed by atoms with Crippen LogP contribution in [0.25, 0.3) is 0 Å². The molecule has 4 nitrogen and oxygen atoms in total. The van der Waals surface area contributed by atoms with E-state index in [1.165, 1.54) is 5.57 Å². The number of aliphatic hydroxyl groups is 2. The third kappa shape index (κ3) is 7.94. The van der Waals surface area contributed by atoms with Gasteiger partial charge in [0.05, 0.1) is 12.2 Å². The van der Waals surface area contributed by atoms with Crippen LogP contribution in [0, 0.1) is 35.5 Å². The maximum Gasteiger partial charge on any atom is 0.306 e. The lowest BCUT2D eigenvalue weighted by atomic mass is 9.89. The number of hydrogen-bond donors (Lipinski definition) is 2. The summed E-state index contributed by atoms with van der Waals surface area (Å²) >= 11 is 0. The van der Waals surface area contributed by atoms with Crippen LogP contribution in [0.5, 0.6) is 0 Å². The molecule has 4 rings (SSSR count). The van der Waals surface area contributed by atoms with Crippen LogP contribution in [0.3, 0.4) is 0 Å². The van der Waals surface area contributed by atoms with Gasteiger partial charge in [0.1, 0.15) is 0 Å². The van der Waals surface area contributed by atoms with Crippen LogP contribution in [-0.2, 0) is 9.53 Å². The van der Waals surface area contributed by atoms with Gasteiger partial charge in [-0.15, -0.1) is 11.8 Å². The van der Waals surface area contributed by atoms with E-state index in [0.29, 0.717) is 24.7 Å². The molecule has 2 aliphatic rings. The predicted molar refractivity (Wildman–Crippen MR) is 155 cm³/mol. The average Bonchev–Trinajstić information content (AvgIpc) is 3.48. The highest BCUT2D eigenvalue weighted by Gasteiger charge is 2.45. The molecular weight excluding hydrogens is 484 g/mol. The Morgan fingerprint density at radius 3 is 2.38 bits per heavy atom. The molecule has 0 amide bonds. The Morgan fingerprint density at radius 1 is 1.08 bits per heavy atom. The Labute approximate surface area is 233 Å². The number of aliphatic hydroxyl groups excluding tert-OH is 2. The second-order valence-electron chi connectivity index (χ2n) is 11.1. The maximum absolute atomic E-state index is 12.8. The molecular formula is C35H42O4. The Morgan fingerprint density at radius 2 is 1.74 bits per heavy atom. The Kier molecular flexibility index (Phi) is 10.6. The first kappa shape index (κ1) is 28.9. The van der Waals surface area contributed by atoms with E-state index in [2.05, 4.69) is 17.9 Å². The van der Waals surface area contributed by atoms with E-state index >= 15 is 0 Å². The summed E-state index contributed by atoms with van der Waals surface area (Å²) in [5.74, 6) is 6.81. The fraction of sp³-hybridized carbons (Fsp3) is 0.457. The zero-order chi connectivity index (χ0) is 27.6. The molecule has 0 spiro atoms. The molecule has 4 heteroatoms. The minimum atomic E-state index is -0.545. The SMILES string of the molecule is CC#CCC(C)[C@H](O)/C=C/[C@@H]1[C@H]2C/C(=C/CCCC(=O)OC(c3ccccc3)c3ccccc3)C[C@H]2C[C@H]1O. The lowest BCUT2D eigenvalue weighted by Gasteiger charge is -2.19. The minimum Gasteiger partial charge on any atom is -0.453 e. The lowest BCUT2D eigenvalue weighted by molar-refractivity contribution is -0.147. The lowest BCUT2D eigenvalue weighted by Crippen LogP contribution is -2.19. The first-order valence-electron chi connectivity index (χ1n) is 14.4. The topological polar surface area (TPSA) is 66.8 Å². The zero-order valence-corrected chi connectivity index (χ0v) is 23.2. The normalized spacial score (nSPS) is 24.9. The summed E-state index contributed by atoms with van der Waals surface area (Å²) in [4.78, 5) is 12.8. The molecule has 2 saturated carbocycles. The highest BCUT2D eigenvalue weighted by atomic mass is 16.5. The van der Waals surface area contributed by atoms with Crippen molar-refractivity contribution in [3.63, 3.8) is 0 Å². The minimum absolute atomic E-state index is 0.0735. The number of benzene rings is 2. The van der Waals surface area contributed by atoms with Gasteiger partial charge < -0.3 is 14.9 Å². The number of rotatable bonds is 11. The third-order valence-electron chi connectivity index (χ3n) is 8.30. The van der Waals surface area contributed by atoms with Crippen LogP contribution in [0.15, 0.2) is 84.5 Å². The summed E-state index contributed by atoms with van der Waals surface area (Å²) in [7, 11) is 0. The van der Waals surface area contributed by atoms with Crippen LogP contribution in [0.4, 0.5) is 0 Å². The molecule has 206 valence electrons.